The Morgan fingerprint density at radius 1 is 1.26 bits per heavy atom. The topological polar surface area (TPSA) is 88.7 Å². The second kappa shape index (κ2) is 10.0. The van der Waals surface area contributed by atoms with Crippen molar-refractivity contribution in [1.82, 2.24) is 10.6 Å². The lowest BCUT2D eigenvalue weighted by atomic mass is 9.94. The first-order valence-electron chi connectivity index (χ1n) is 9.30. The van der Waals surface area contributed by atoms with Gasteiger partial charge in [-0.1, -0.05) is 28.6 Å². The number of hydrogen-bond donors (Lipinski definition) is 3. The Labute approximate surface area is 197 Å². The molecule has 2 aromatic rings. The third-order valence-electron chi connectivity index (χ3n) is 4.55. The number of anilines is 1. The molecule has 31 heavy (non-hydrogen) atoms. The highest BCUT2D eigenvalue weighted by molar-refractivity contribution is 9.10. The lowest BCUT2D eigenvalue weighted by Crippen LogP contribution is -2.46. The predicted octanol–water partition coefficient (Wildman–Crippen LogP) is 5.05. The second-order valence-electron chi connectivity index (χ2n) is 6.66. The van der Waals surface area contributed by atoms with Crippen molar-refractivity contribution in [3.8, 4) is 11.5 Å². The number of ether oxygens (including phenoxy) is 2. The number of amides is 3. The summed E-state index contributed by atoms with van der Waals surface area (Å²) in [7, 11) is 1.52. The van der Waals surface area contributed by atoms with E-state index in [2.05, 4.69) is 54.4 Å². The zero-order chi connectivity index (χ0) is 22.5. The van der Waals surface area contributed by atoms with Gasteiger partial charge in [-0.05, 0) is 64.8 Å². The fourth-order valence-corrected chi connectivity index (χ4v) is 4.00. The molecule has 9 heteroatoms. The van der Waals surface area contributed by atoms with Gasteiger partial charge in [0, 0.05) is 15.9 Å². The van der Waals surface area contributed by atoms with Gasteiger partial charge in [-0.15, -0.1) is 0 Å². The van der Waals surface area contributed by atoms with Gasteiger partial charge in [-0.3, -0.25) is 4.79 Å². The van der Waals surface area contributed by atoms with E-state index in [0.717, 1.165) is 4.47 Å². The van der Waals surface area contributed by atoms with E-state index in [-0.39, 0.29) is 5.91 Å². The molecule has 0 radical (unpaired) electrons. The Bertz CT molecular complexity index is 1050. The highest BCUT2D eigenvalue weighted by Gasteiger charge is 2.32. The largest absolute Gasteiger partial charge is 0.493 e. The summed E-state index contributed by atoms with van der Waals surface area (Å²) in [6.45, 7) is 5.64. The Balaban J connectivity index is 1.99. The molecule has 0 bridgehead atoms. The van der Waals surface area contributed by atoms with Crippen LogP contribution >= 0.6 is 31.9 Å². The normalized spacial score (nSPS) is 15.6. The number of allylic oxidation sites excluding steroid dienone is 1. The number of carbonyl (C=O) groups excluding carboxylic acids is 2. The molecular weight excluding hydrogens is 530 g/mol. The van der Waals surface area contributed by atoms with Crippen LogP contribution in [0.25, 0.3) is 0 Å². The molecule has 7 nitrogen and oxygen atoms in total. The molecule has 0 saturated heterocycles. The van der Waals surface area contributed by atoms with Crippen LogP contribution in [-0.2, 0) is 4.79 Å². The molecule has 1 aliphatic rings. The van der Waals surface area contributed by atoms with E-state index in [1.165, 1.54) is 7.11 Å². The molecule has 0 fully saturated rings. The minimum Gasteiger partial charge on any atom is -0.493 e. The molecule has 3 N–H and O–H groups in total. The quantitative estimate of drug-likeness (QED) is 0.421. The van der Waals surface area contributed by atoms with E-state index in [4.69, 9.17) is 9.47 Å². The van der Waals surface area contributed by atoms with Crippen molar-refractivity contribution in [1.29, 1.82) is 0 Å². The van der Waals surface area contributed by atoms with Gasteiger partial charge >= 0.3 is 6.03 Å². The first-order chi connectivity index (χ1) is 14.8. The minimum atomic E-state index is -0.692. The summed E-state index contributed by atoms with van der Waals surface area (Å²) in [5.74, 6) is 0.636. The van der Waals surface area contributed by atoms with Gasteiger partial charge in [0.05, 0.1) is 23.2 Å². The van der Waals surface area contributed by atoms with Gasteiger partial charge in [-0.25, -0.2) is 4.79 Å². The molecule has 162 valence electrons. The highest BCUT2D eigenvalue weighted by atomic mass is 79.9. The minimum absolute atomic E-state index is 0.304. The molecule has 0 saturated carbocycles. The fraction of sp³-hybridized carbons (Fsp3) is 0.182. The monoisotopic (exact) mass is 549 g/mol. The van der Waals surface area contributed by atoms with Gasteiger partial charge in [-0.2, -0.15) is 0 Å². The third kappa shape index (κ3) is 5.29. The second-order valence-corrected chi connectivity index (χ2v) is 8.43. The summed E-state index contributed by atoms with van der Waals surface area (Å²) in [4.78, 5) is 25.3. The maximum absolute atomic E-state index is 13.2. The van der Waals surface area contributed by atoms with Crippen molar-refractivity contribution < 1.29 is 19.1 Å². The predicted molar refractivity (Wildman–Crippen MR) is 126 cm³/mol. The molecule has 0 unspecified atom stereocenters. The average Bonchev–Trinajstić information content (AvgIpc) is 2.73. The molecule has 1 atom stereocenters. The SMILES string of the molecule is C=CCOc1c(Br)cc([C@@H]2NC(=O)NC(C)=C2C(=O)Nc2ccc(Br)cc2)cc1OC. The van der Waals surface area contributed by atoms with Crippen molar-refractivity contribution in [2.75, 3.05) is 19.0 Å². The van der Waals surface area contributed by atoms with Crippen molar-refractivity contribution >= 4 is 49.5 Å². The van der Waals surface area contributed by atoms with Crippen LogP contribution in [-0.4, -0.2) is 25.7 Å². The number of hydrogen-bond acceptors (Lipinski definition) is 4. The number of nitrogens with one attached hydrogen (secondary N) is 3. The van der Waals surface area contributed by atoms with Crippen LogP contribution < -0.4 is 25.4 Å². The van der Waals surface area contributed by atoms with Crippen LogP contribution in [0.3, 0.4) is 0 Å². The molecule has 0 aromatic heterocycles. The number of methoxy groups -OCH3 is 1. The standard InChI is InChI=1S/C22H21Br2N3O4/c1-4-9-31-20-16(24)10-13(11-17(20)30-3)19-18(12(2)25-22(29)27-19)21(28)26-15-7-5-14(23)6-8-15/h4-8,10-11,19H,1,9H2,2-3H3,(H,26,28)(H2,25,27,29)/t19-/m0/s1. The Kier molecular flexibility index (Phi) is 7.40. The summed E-state index contributed by atoms with van der Waals surface area (Å²) >= 11 is 6.87. The van der Waals surface area contributed by atoms with Crippen molar-refractivity contribution in [3.05, 3.63) is 74.8 Å². The van der Waals surface area contributed by atoms with Crippen molar-refractivity contribution in [2.45, 2.75) is 13.0 Å². The summed E-state index contributed by atoms with van der Waals surface area (Å²) in [6.07, 6.45) is 1.63. The van der Waals surface area contributed by atoms with Crippen molar-refractivity contribution in [3.63, 3.8) is 0 Å². The molecule has 1 heterocycles. The molecule has 3 amide bonds. The smallest absolute Gasteiger partial charge is 0.319 e. The number of urea groups is 1. The van der Waals surface area contributed by atoms with Crippen molar-refractivity contribution in [2.24, 2.45) is 0 Å². The van der Waals surface area contributed by atoms with E-state index in [1.54, 1.807) is 37.3 Å². The zero-order valence-electron chi connectivity index (χ0n) is 16.9. The van der Waals surface area contributed by atoms with E-state index >= 15 is 0 Å². The van der Waals surface area contributed by atoms with E-state index < -0.39 is 12.1 Å². The van der Waals surface area contributed by atoms with E-state index in [0.29, 0.717) is 45.1 Å². The summed E-state index contributed by atoms with van der Waals surface area (Å²) in [5.41, 5.74) is 2.14. The lowest BCUT2D eigenvalue weighted by molar-refractivity contribution is -0.113. The molecule has 0 aliphatic carbocycles. The highest BCUT2D eigenvalue weighted by Crippen LogP contribution is 2.40. The number of benzene rings is 2. The molecule has 0 spiro atoms. The first kappa shape index (κ1) is 22.9. The number of halogens is 2. The summed E-state index contributed by atoms with van der Waals surface area (Å²) in [6, 6.07) is 9.67. The van der Waals surface area contributed by atoms with Gasteiger partial charge in [0.1, 0.15) is 6.61 Å². The van der Waals surface area contributed by atoms with E-state index in [1.807, 2.05) is 12.1 Å². The fourth-order valence-electron chi connectivity index (χ4n) is 3.17. The van der Waals surface area contributed by atoms with Crippen LogP contribution in [0.5, 0.6) is 11.5 Å². The molecular formula is C22H21Br2N3O4. The Morgan fingerprint density at radius 2 is 1.97 bits per heavy atom. The van der Waals surface area contributed by atoms with Gasteiger partial charge < -0.3 is 25.4 Å². The van der Waals surface area contributed by atoms with Crippen LogP contribution in [0, 0.1) is 0 Å². The average molecular weight is 551 g/mol. The molecule has 1 aliphatic heterocycles. The number of rotatable bonds is 7. The maximum Gasteiger partial charge on any atom is 0.319 e. The number of carbonyl (C=O) groups is 2. The van der Waals surface area contributed by atoms with Crippen LogP contribution in [0.2, 0.25) is 0 Å². The third-order valence-corrected chi connectivity index (χ3v) is 5.66. The van der Waals surface area contributed by atoms with Gasteiger partial charge in [0.25, 0.3) is 5.91 Å². The summed E-state index contributed by atoms with van der Waals surface area (Å²) in [5, 5.41) is 8.37. The van der Waals surface area contributed by atoms with E-state index in [9.17, 15) is 9.59 Å². The Hall–Kier alpha value is -2.78. The summed E-state index contributed by atoms with van der Waals surface area (Å²) < 4.78 is 12.7. The van der Waals surface area contributed by atoms with Crippen LogP contribution in [0.4, 0.5) is 10.5 Å². The lowest BCUT2D eigenvalue weighted by Gasteiger charge is -2.29. The van der Waals surface area contributed by atoms with Gasteiger partial charge in [0.2, 0.25) is 0 Å². The molecule has 3 rings (SSSR count). The van der Waals surface area contributed by atoms with Crippen LogP contribution in [0.15, 0.2) is 69.3 Å². The van der Waals surface area contributed by atoms with Gasteiger partial charge in [0.15, 0.2) is 11.5 Å². The van der Waals surface area contributed by atoms with Crippen LogP contribution in [0.1, 0.15) is 18.5 Å². The Morgan fingerprint density at radius 3 is 2.61 bits per heavy atom. The maximum atomic E-state index is 13.2. The first-order valence-corrected chi connectivity index (χ1v) is 10.9. The molecule has 2 aromatic carbocycles. The zero-order valence-corrected chi connectivity index (χ0v) is 20.1.